The van der Waals surface area contributed by atoms with E-state index in [2.05, 4.69) is 0 Å². The van der Waals surface area contributed by atoms with E-state index < -0.39 is 23.9 Å². The molecule has 1 saturated heterocycles. The molecule has 72 valence electrons. The lowest BCUT2D eigenvalue weighted by atomic mass is 9.85. The van der Waals surface area contributed by atoms with Crippen LogP contribution in [0.25, 0.3) is 0 Å². The van der Waals surface area contributed by atoms with Crippen LogP contribution in [-0.4, -0.2) is 52.4 Å². The number of aliphatic hydroxyl groups excluding tert-OH is 2. The van der Waals surface area contributed by atoms with Gasteiger partial charge in [0.15, 0.2) is 0 Å². The molecule has 1 fully saturated rings. The van der Waals surface area contributed by atoms with Gasteiger partial charge >= 0.3 is 0 Å². The summed E-state index contributed by atoms with van der Waals surface area (Å²) in [6.45, 7) is 1.45. The van der Waals surface area contributed by atoms with Gasteiger partial charge in [0.05, 0.1) is 12.7 Å². The van der Waals surface area contributed by atoms with Crippen LogP contribution in [0.1, 0.15) is 6.92 Å². The summed E-state index contributed by atoms with van der Waals surface area (Å²) in [5, 5.41) is 28.4. The topological polar surface area (TPSA) is 95.9 Å². The maximum atomic E-state index is 9.68. The summed E-state index contributed by atoms with van der Waals surface area (Å²) in [6.07, 6.45) is -2.75. The van der Waals surface area contributed by atoms with E-state index in [-0.39, 0.29) is 13.2 Å². The van der Waals surface area contributed by atoms with Gasteiger partial charge in [0, 0.05) is 6.54 Å². The molecule has 5 nitrogen and oxygen atoms in total. The van der Waals surface area contributed by atoms with E-state index in [0.29, 0.717) is 0 Å². The third-order valence-electron chi connectivity index (χ3n) is 2.38. The highest BCUT2D eigenvalue weighted by Gasteiger charge is 2.48. The summed E-state index contributed by atoms with van der Waals surface area (Å²) in [4.78, 5) is 0. The first-order valence-electron chi connectivity index (χ1n) is 3.92. The molecule has 0 radical (unpaired) electrons. The Labute approximate surface area is 70.8 Å². The Morgan fingerprint density at radius 2 is 2.17 bits per heavy atom. The highest BCUT2D eigenvalue weighted by Crippen LogP contribution is 2.24. The second kappa shape index (κ2) is 3.27. The van der Waals surface area contributed by atoms with E-state index >= 15 is 0 Å². The number of hydrogen-bond donors (Lipinski definition) is 4. The highest BCUT2D eigenvalue weighted by molar-refractivity contribution is 4.99. The lowest BCUT2D eigenvalue weighted by Gasteiger charge is -2.43. The molecule has 5 N–H and O–H groups in total. The van der Waals surface area contributed by atoms with Crippen molar-refractivity contribution < 1.29 is 20.1 Å². The van der Waals surface area contributed by atoms with Crippen molar-refractivity contribution in [1.82, 2.24) is 0 Å². The Morgan fingerprint density at radius 3 is 2.58 bits per heavy atom. The second-order valence-corrected chi connectivity index (χ2v) is 3.19. The van der Waals surface area contributed by atoms with Crippen LogP contribution in [0.5, 0.6) is 0 Å². The number of nitrogens with two attached hydrogens (primary N) is 1. The minimum atomic E-state index is -1.63. The van der Waals surface area contributed by atoms with Crippen molar-refractivity contribution in [3.05, 3.63) is 0 Å². The standard InChI is InChI=1S/C7H15NO4/c1-4-6(10)7(11,3-8)5(9)2-12-4/h4-6,9-11H,2-3,8H2,1H3/t4?,5?,6-,7?/m1/s1. The van der Waals surface area contributed by atoms with E-state index in [9.17, 15) is 15.3 Å². The maximum Gasteiger partial charge on any atom is 0.133 e. The van der Waals surface area contributed by atoms with Gasteiger partial charge in [-0.2, -0.15) is 0 Å². The van der Waals surface area contributed by atoms with Gasteiger partial charge in [-0.15, -0.1) is 0 Å². The number of ether oxygens (including phenoxy) is 1. The minimum Gasteiger partial charge on any atom is -0.388 e. The van der Waals surface area contributed by atoms with Gasteiger partial charge in [0.2, 0.25) is 0 Å². The normalized spacial score (nSPS) is 49.2. The zero-order valence-electron chi connectivity index (χ0n) is 6.97. The smallest absolute Gasteiger partial charge is 0.133 e. The molecule has 5 heteroatoms. The van der Waals surface area contributed by atoms with Crippen molar-refractivity contribution >= 4 is 0 Å². The average molecular weight is 177 g/mol. The first-order valence-corrected chi connectivity index (χ1v) is 3.92. The van der Waals surface area contributed by atoms with Crippen LogP contribution in [0.15, 0.2) is 0 Å². The molecule has 1 rings (SSSR count). The molecule has 4 atom stereocenters. The number of hydrogen-bond acceptors (Lipinski definition) is 5. The largest absolute Gasteiger partial charge is 0.388 e. The van der Waals surface area contributed by atoms with Crippen LogP contribution in [0, 0.1) is 0 Å². The molecule has 0 aromatic heterocycles. The van der Waals surface area contributed by atoms with Gasteiger partial charge in [-0.1, -0.05) is 0 Å². The highest BCUT2D eigenvalue weighted by atomic mass is 16.5. The predicted octanol–water partition coefficient (Wildman–Crippen LogP) is -2.18. The van der Waals surface area contributed by atoms with Crippen molar-refractivity contribution in [1.29, 1.82) is 0 Å². The van der Waals surface area contributed by atoms with Crippen molar-refractivity contribution in [2.45, 2.75) is 30.8 Å². The molecule has 0 amide bonds. The summed E-state index contributed by atoms with van der Waals surface area (Å²) < 4.78 is 4.98. The molecule has 1 aliphatic rings. The van der Waals surface area contributed by atoms with Crippen LogP contribution in [-0.2, 0) is 4.74 Å². The second-order valence-electron chi connectivity index (χ2n) is 3.19. The molecule has 0 aliphatic carbocycles. The van der Waals surface area contributed by atoms with Crippen molar-refractivity contribution in [2.24, 2.45) is 5.73 Å². The van der Waals surface area contributed by atoms with Crippen molar-refractivity contribution in [3.63, 3.8) is 0 Å². The fourth-order valence-electron chi connectivity index (χ4n) is 1.34. The summed E-state index contributed by atoms with van der Waals surface area (Å²) in [5.41, 5.74) is 3.63. The summed E-state index contributed by atoms with van der Waals surface area (Å²) >= 11 is 0. The summed E-state index contributed by atoms with van der Waals surface area (Å²) in [7, 11) is 0. The average Bonchev–Trinajstić information content (AvgIpc) is 2.08. The molecular formula is C7H15NO4. The molecule has 0 aromatic carbocycles. The number of aliphatic hydroxyl groups is 3. The van der Waals surface area contributed by atoms with Crippen LogP contribution < -0.4 is 5.73 Å². The summed E-state index contributed by atoms with van der Waals surface area (Å²) in [6, 6.07) is 0. The van der Waals surface area contributed by atoms with Gasteiger partial charge in [0.25, 0.3) is 0 Å². The third-order valence-corrected chi connectivity index (χ3v) is 2.38. The van der Waals surface area contributed by atoms with Crippen molar-refractivity contribution in [2.75, 3.05) is 13.2 Å². The van der Waals surface area contributed by atoms with Crippen LogP contribution in [0.3, 0.4) is 0 Å². The Morgan fingerprint density at radius 1 is 1.58 bits per heavy atom. The van der Waals surface area contributed by atoms with E-state index in [1.54, 1.807) is 6.92 Å². The predicted molar refractivity (Wildman–Crippen MR) is 41.4 cm³/mol. The monoisotopic (exact) mass is 177 g/mol. The van der Waals surface area contributed by atoms with Crippen LogP contribution >= 0.6 is 0 Å². The first kappa shape index (κ1) is 9.88. The SMILES string of the molecule is CC1OCC(O)C(O)(CN)[C@@H]1O. The van der Waals surface area contributed by atoms with Gasteiger partial charge in [-0.25, -0.2) is 0 Å². The fourth-order valence-corrected chi connectivity index (χ4v) is 1.34. The Hall–Kier alpha value is -0.200. The van der Waals surface area contributed by atoms with Gasteiger partial charge in [0.1, 0.15) is 17.8 Å². The molecule has 0 bridgehead atoms. The van der Waals surface area contributed by atoms with E-state index in [1.807, 2.05) is 0 Å². The molecule has 0 saturated carbocycles. The van der Waals surface area contributed by atoms with E-state index in [0.717, 1.165) is 0 Å². The maximum absolute atomic E-state index is 9.68. The molecule has 1 aliphatic heterocycles. The first-order chi connectivity index (χ1) is 5.52. The van der Waals surface area contributed by atoms with Crippen LogP contribution in [0.4, 0.5) is 0 Å². The van der Waals surface area contributed by atoms with Gasteiger partial charge in [-0.05, 0) is 6.92 Å². The molecule has 0 spiro atoms. The lowest BCUT2D eigenvalue weighted by Crippen LogP contribution is -2.65. The summed E-state index contributed by atoms with van der Waals surface area (Å²) in [5.74, 6) is 0. The Bertz CT molecular complexity index is 165. The van der Waals surface area contributed by atoms with Crippen molar-refractivity contribution in [3.8, 4) is 0 Å². The lowest BCUT2D eigenvalue weighted by molar-refractivity contribution is -0.233. The Balaban J connectivity index is 2.78. The van der Waals surface area contributed by atoms with E-state index in [1.165, 1.54) is 0 Å². The van der Waals surface area contributed by atoms with Gasteiger partial charge < -0.3 is 25.8 Å². The third kappa shape index (κ3) is 1.34. The minimum absolute atomic E-state index is 0.00588. The zero-order valence-corrected chi connectivity index (χ0v) is 6.97. The Kier molecular flexibility index (Phi) is 2.70. The van der Waals surface area contributed by atoms with Gasteiger partial charge in [-0.3, -0.25) is 0 Å². The molecule has 0 aromatic rings. The molecule has 12 heavy (non-hydrogen) atoms. The quantitative estimate of drug-likeness (QED) is 0.365. The number of rotatable bonds is 1. The fraction of sp³-hybridized carbons (Fsp3) is 1.00. The zero-order chi connectivity index (χ0) is 9.35. The van der Waals surface area contributed by atoms with E-state index in [4.69, 9.17) is 10.5 Å². The molecular weight excluding hydrogens is 162 g/mol. The van der Waals surface area contributed by atoms with Crippen LogP contribution in [0.2, 0.25) is 0 Å². The molecule has 1 heterocycles. The molecule has 3 unspecified atom stereocenters.